The summed E-state index contributed by atoms with van der Waals surface area (Å²) in [6, 6.07) is 6.38. The van der Waals surface area contributed by atoms with Crippen molar-refractivity contribution in [1.29, 1.82) is 0 Å². The molecule has 0 saturated heterocycles. The van der Waals surface area contributed by atoms with Crippen LogP contribution >= 0.6 is 15.9 Å². The first kappa shape index (κ1) is 9.87. The largest absolute Gasteiger partial charge is 0.304 e. The van der Waals surface area contributed by atoms with Crippen molar-refractivity contribution in [2.45, 2.75) is 6.54 Å². The van der Waals surface area contributed by atoms with Gasteiger partial charge in [-0.1, -0.05) is 22.0 Å². The first-order chi connectivity index (χ1) is 6.66. The first-order valence-corrected chi connectivity index (χ1v) is 5.43. The Morgan fingerprint density at radius 2 is 2.21 bits per heavy atom. The molecule has 0 N–H and O–H groups in total. The molecule has 0 amide bonds. The van der Waals surface area contributed by atoms with Crippen molar-refractivity contribution in [3.8, 4) is 0 Å². The fraction of sp³-hybridized carbons (Fsp3) is 0.364. The van der Waals surface area contributed by atoms with Gasteiger partial charge in [0.25, 0.3) is 0 Å². The van der Waals surface area contributed by atoms with Crippen molar-refractivity contribution in [3.63, 3.8) is 0 Å². The maximum atomic E-state index is 4.54. The lowest BCUT2D eigenvalue weighted by Crippen LogP contribution is -2.21. The zero-order valence-corrected chi connectivity index (χ0v) is 10.0. The van der Waals surface area contributed by atoms with Crippen LogP contribution in [0.25, 0.3) is 0 Å². The molecule has 0 aromatic heterocycles. The summed E-state index contributed by atoms with van der Waals surface area (Å²) < 4.78 is 1.14. The summed E-state index contributed by atoms with van der Waals surface area (Å²) in [6.45, 7) is 1.76. The number of hydrogen-bond donors (Lipinski definition) is 0. The second-order valence-corrected chi connectivity index (χ2v) is 4.72. The van der Waals surface area contributed by atoms with Gasteiger partial charge in [0.2, 0.25) is 0 Å². The van der Waals surface area contributed by atoms with Crippen LogP contribution in [0, 0.1) is 0 Å². The van der Waals surface area contributed by atoms with Crippen LogP contribution in [0.5, 0.6) is 0 Å². The molecule has 3 heteroatoms. The molecule has 14 heavy (non-hydrogen) atoms. The number of fused-ring (bicyclic) bond motifs is 1. The molecule has 1 heterocycles. The third kappa shape index (κ3) is 1.88. The molecule has 0 bridgehead atoms. The topological polar surface area (TPSA) is 15.6 Å². The highest BCUT2D eigenvalue weighted by Gasteiger charge is 2.15. The SMILES string of the molecule is CN(C)CC1=NCc2cc(Br)ccc21. The van der Waals surface area contributed by atoms with E-state index in [0.29, 0.717) is 0 Å². The zero-order chi connectivity index (χ0) is 10.1. The van der Waals surface area contributed by atoms with Gasteiger partial charge in [0.1, 0.15) is 0 Å². The van der Waals surface area contributed by atoms with E-state index in [1.807, 2.05) is 0 Å². The van der Waals surface area contributed by atoms with Crippen LogP contribution in [-0.4, -0.2) is 31.3 Å². The quantitative estimate of drug-likeness (QED) is 0.789. The summed E-state index contributed by atoms with van der Waals surface area (Å²) in [5.74, 6) is 0. The van der Waals surface area contributed by atoms with Gasteiger partial charge in [-0.05, 0) is 31.8 Å². The summed E-state index contributed by atoms with van der Waals surface area (Å²) in [6.07, 6.45) is 0. The zero-order valence-electron chi connectivity index (χ0n) is 8.42. The van der Waals surface area contributed by atoms with Gasteiger partial charge in [0.15, 0.2) is 0 Å². The standard InChI is InChI=1S/C11H13BrN2/c1-14(2)7-11-10-4-3-9(12)5-8(10)6-13-11/h3-5H,6-7H2,1-2H3. The van der Waals surface area contributed by atoms with Crippen LogP contribution in [0.4, 0.5) is 0 Å². The molecule has 1 aromatic carbocycles. The Bertz CT molecular complexity index is 383. The van der Waals surface area contributed by atoms with Gasteiger partial charge >= 0.3 is 0 Å². The Kier molecular flexibility index (Phi) is 2.70. The highest BCUT2D eigenvalue weighted by atomic mass is 79.9. The second-order valence-electron chi connectivity index (χ2n) is 3.80. The lowest BCUT2D eigenvalue weighted by molar-refractivity contribution is 0.470. The maximum Gasteiger partial charge on any atom is 0.0650 e. The molecule has 0 spiro atoms. The van der Waals surface area contributed by atoms with Crippen LogP contribution in [0.3, 0.4) is 0 Å². The smallest absolute Gasteiger partial charge is 0.0650 e. The van der Waals surface area contributed by atoms with Crippen molar-refractivity contribution in [2.75, 3.05) is 20.6 Å². The van der Waals surface area contributed by atoms with Crippen molar-refractivity contribution in [3.05, 3.63) is 33.8 Å². The summed E-state index contributed by atoms with van der Waals surface area (Å²) in [5, 5.41) is 0. The van der Waals surface area contributed by atoms with E-state index in [9.17, 15) is 0 Å². The molecular weight excluding hydrogens is 240 g/mol. The van der Waals surface area contributed by atoms with Gasteiger partial charge in [0, 0.05) is 16.6 Å². The van der Waals surface area contributed by atoms with E-state index in [4.69, 9.17) is 0 Å². The average Bonchev–Trinajstić information content (AvgIpc) is 2.47. The number of hydrogen-bond acceptors (Lipinski definition) is 2. The molecule has 0 aliphatic carbocycles. The van der Waals surface area contributed by atoms with Gasteiger partial charge in [0.05, 0.1) is 12.3 Å². The van der Waals surface area contributed by atoms with Crippen LogP contribution in [0.15, 0.2) is 27.7 Å². The Morgan fingerprint density at radius 1 is 1.43 bits per heavy atom. The molecule has 2 rings (SSSR count). The molecular formula is C11H13BrN2. The predicted molar refractivity (Wildman–Crippen MR) is 62.9 cm³/mol. The number of benzene rings is 1. The fourth-order valence-corrected chi connectivity index (χ4v) is 2.08. The highest BCUT2D eigenvalue weighted by Crippen LogP contribution is 2.23. The molecule has 0 radical (unpaired) electrons. The maximum absolute atomic E-state index is 4.54. The summed E-state index contributed by atoms with van der Waals surface area (Å²) in [4.78, 5) is 6.69. The lowest BCUT2D eigenvalue weighted by Gasteiger charge is -2.10. The molecule has 1 aliphatic rings. The number of rotatable bonds is 2. The number of aliphatic imine (C=N–C) groups is 1. The Balaban J connectivity index is 2.28. The van der Waals surface area contributed by atoms with E-state index in [1.165, 1.54) is 16.8 Å². The van der Waals surface area contributed by atoms with E-state index in [0.717, 1.165) is 17.6 Å². The van der Waals surface area contributed by atoms with E-state index in [1.54, 1.807) is 0 Å². The van der Waals surface area contributed by atoms with Gasteiger partial charge in [-0.2, -0.15) is 0 Å². The molecule has 0 fully saturated rings. The normalized spacial score (nSPS) is 14.4. The Hall–Kier alpha value is -0.670. The van der Waals surface area contributed by atoms with Gasteiger partial charge in [-0.25, -0.2) is 0 Å². The van der Waals surface area contributed by atoms with Crippen LogP contribution in [0.1, 0.15) is 11.1 Å². The van der Waals surface area contributed by atoms with E-state index in [-0.39, 0.29) is 0 Å². The number of likely N-dealkylation sites (N-methyl/N-ethyl adjacent to an activating group) is 1. The van der Waals surface area contributed by atoms with E-state index < -0.39 is 0 Å². The minimum Gasteiger partial charge on any atom is -0.304 e. The Labute approximate surface area is 92.8 Å². The molecule has 1 aliphatic heterocycles. The highest BCUT2D eigenvalue weighted by molar-refractivity contribution is 9.10. The van der Waals surface area contributed by atoms with Crippen molar-refractivity contribution in [1.82, 2.24) is 4.90 Å². The van der Waals surface area contributed by atoms with Crippen LogP contribution in [-0.2, 0) is 6.54 Å². The second kappa shape index (κ2) is 3.83. The molecule has 0 unspecified atom stereocenters. The summed E-state index contributed by atoms with van der Waals surface area (Å²) >= 11 is 3.47. The Morgan fingerprint density at radius 3 is 2.93 bits per heavy atom. The fourth-order valence-electron chi connectivity index (χ4n) is 1.68. The summed E-state index contributed by atoms with van der Waals surface area (Å²) in [7, 11) is 4.14. The molecule has 2 nitrogen and oxygen atoms in total. The van der Waals surface area contributed by atoms with Crippen molar-refractivity contribution < 1.29 is 0 Å². The minimum atomic E-state index is 0.831. The van der Waals surface area contributed by atoms with Gasteiger partial charge in [-0.3, -0.25) is 4.99 Å². The predicted octanol–water partition coefficient (Wildman–Crippen LogP) is 2.31. The molecule has 74 valence electrons. The van der Waals surface area contributed by atoms with E-state index in [2.05, 4.69) is 58.1 Å². The van der Waals surface area contributed by atoms with Gasteiger partial charge < -0.3 is 4.90 Å². The lowest BCUT2D eigenvalue weighted by atomic mass is 10.1. The minimum absolute atomic E-state index is 0.831. The average molecular weight is 253 g/mol. The molecule has 1 aromatic rings. The first-order valence-electron chi connectivity index (χ1n) is 4.63. The van der Waals surface area contributed by atoms with E-state index >= 15 is 0 Å². The van der Waals surface area contributed by atoms with Crippen molar-refractivity contribution >= 4 is 21.6 Å². The third-order valence-corrected chi connectivity index (χ3v) is 2.78. The van der Waals surface area contributed by atoms with Gasteiger partial charge in [-0.15, -0.1) is 0 Å². The van der Waals surface area contributed by atoms with Crippen molar-refractivity contribution in [2.24, 2.45) is 4.99 Å². The monoisotopic (exact) mass is 252 g/mol. The number of nitrogens with zero attached hydrogens (tertiary/aromatic N) is 2. The number of halogens is 1. The van der Waals surface area contributed by atoms with Crippen LogP contribution < -0.4 is 0 Å². The van der Waals surface area contributed by atoms with Crippen LogP contribution in [0.2, 0.25) is 0 Å². The summed E-state index contributed by atoms with van der Waals surface area (Å²) in [5.41, 5.74) is 3.84. The molecule has 0 saturated carbocycles. The molecule has 0 atom stereocenters. The third-order valence-electron chi connectivity index (χ3n) is 2.28.